The monoisotopic (exact) mass is 333 g/mol. The van der Waals surface area contributed by atoms with Crippen molar-refractivity contribution in [1.82, 2.24) is 15.0 Å². The van der Waals surface area contributed by atoms with Gasteiger partial charge < -0.3 is 18.7 Å². The Kier molecular flexibility index (Phi) is 4.89. The Hall–Kier alpha value is -2.28. The zero-order chi connectivity index (χ0) is 17.1. The summed E-state index contributed by atoms with van der Waals surface area (Å²) in [6.45, 7) is 4.29. The van der Waals surface area contributed by atoms with Crippen LogP contribution in [-0.2, 0) is 19.4 Å². The highest BCUT2D eigenvalue weighted by Gasteiger charge is 2.24. The fourth-order valence-corrected chi connectivity index (χ4v) is 3.18. The minimum atomic E-state index is 0.653. The molecular formula is C17H23N3O4. The molecule has 0 saturated heterocycles. The first-order valence-corrected chi connectivity index (χ1v) is 7.98. The Bertz CT molecular complexity index is 714. The molecule has 0 saturated carbocycles. The van der Waals surface area contributed by atoms with Crippen molar-refractivity contribution in [3.8, 4) is 17.2 Å². The first-order chi connectivity index (χ1) is 11.7. The van der Waals surface area contributed by atoms with Crippen LogP contribution in [0, 0.1) is 6.92 Å². The molecule has 0 bridgehead atoms. The quantitative estimate of drug-likeness (QED) is 0.829. The zero-order valence-electron chi connectivity index (χ0n) is 14.6. The molecule has 2 aromatic rings. The van der Waals surface area contributed by atoms with E-state index in [1.54, 1.807) is 21.3 Å². The van der Waals surface area contributed by atoms with E-state index in [0.29, 0.717) is 29.8 Å². The van der Waals surface area contributed by atoms with E-state index in [9.17, 15) is 0 Å². The van der Waals surface area contributed by atoms with Crippen LogP contribution in [0.4, 0.5) is 0 Å². The molecule has 0 atom stereocenters. The van der Waals surface area contributed by atoms with Crippen molar-refractivity contribution in [2.24, 2.45) is 0 Å². The van der Waals surface area contributed by atoms with Gasteiger partial charge in [0, 0.05) is 18.7 Å². The lowest BCUT2D eigenvalue weighted by Crippen LogP contribution is -2.26. The second-order valence-corrected chi connectivity index (χ2v) is 5.79. The molecule has 0 amide bonds. The normalized spacial score (nSPS) is 14.8. The lowest BCUT2D eigenvalue weighted by Gasteiger charge is -2.18. The molecule has 0 N–H and O–H groups in total. The van der Waals surface area contributed by atoms with Crippen LogP contribution in [0.15, 0.2) is 10.6 Å². The maximum atomic E-state index is 5.63. The van der Waals surface area contributed by atoms with Gasteiger partial charge in [0.25, 0.3) is 0 Å². The van der Waals surface area contributed by atoms with E-state index in [1.165, 1.54) is 11.1 Å². The summed E-state index contributed by atoms with van der Waals surface area (Å²) < 4.78 is 21.8. The Morgan fingerprint density at radius 2 is 1.83 bits per heavy atom. The minimum absolute atomic E-state index is 0.653. The standard InChI is InChI=1S/C17H23N3O4/c1-11-18-15(24-19-11)10-20-7-5-12-9-14(21-2)17(23-4)16(22-3)13(12)6-8-20/h9H,5-8,10H2,1-4H3. The van der Waals surface area contributed by atoms with Crippen molar-refractivity contribution in [2.75, 3.05) is 34.4 Å². The van der Waals surface area contributed by atoms with Gasteiger partial charge in [0.05, 0.1) is 27.9 Å². The summed E-state index contributed by atoms with van der Waals surface area (Å²) in [5.41, 5.74) is 2.41. The number of aryl methyl sites for hydroxylation is 1. The van der Waals surface area contributed by atoms with Gasteiger partial charge in [0.15, 0.2) is 17.3 Å². The molecule has 0 aliphatic carbocycles. The third-order valence-corrected chi connectivity index (χ3v) is 4.33. The SMILES string of the molecule is COc1cc2c(c(OC)c1OC)CCN(Cc1nc(C)no1)CC2. The Morgan fingerprint density at radius 1 is 1.08 bits per heavy atom. The van der Waals surface area contributed by atoms with Crippen molar-refractivity contribution in [1.29, 1.82) is 0 Å². The maximum Gasteiger partial charge on any atom is 0.240 e. The second-order valence-electron chi connectivity index (χ2n) is 5.79. The molecule has 1 aromatic heterocycles. The van der Waals surface area contributed by atoms with Gasteiger partial charge in [-0.3, -0.25) is 4.90 Å². The van der Waals surface area contributed by atoms with Crippen LogP contribution in [0.5, 0.6) is 17.2 Å². The summed E-state index contributed by atoms with van der Waals surface area (Å²) in [6.07, 6.45) is 1.77. The lowest BCUT2D eigenvalue weighted by molar-refractivity contribution is 0.235. The second kappa shape index (κ2) is 7.09. The molecule has 2 heterocycles. The van der Waals surface area contributed by atoms with Crippen LogP contribution in [0.25, 0.3) is 0 Å². The van der Waals surface area contributed by atoms with E-state index < -0.39 is 0 Å². The molecule has 1 aliphatic heterocycles. The summed E-state index contributed by atoms with van der Waals surface area (Å²) in [5.74, 6) is 3.44. The van der Waals surface area contributed by atoms with Gasteiger partial charge in [-0.2, -0.15) is 4.98 Å². The van der Waals surface area contributed by atoms with Crippen LogP contribution < -0.4 is 14.2 Å². The Balaban J connectivity index is 1.84. The predicted molar refractivity (Wildman–Crippen MR) is 87.8 cm³/mol. The van der Waals surface area contributed by atoms with Crippen molar-refractivity contribution >= 4 is 0 Å². The van der Waals surface area contributed by atoms with E-state index in [1.807, 2.05) is 6.92 Å². The number of hydrogen-bond acceptors (Lipinski definition) is 7. The van der Waals surface area contributed by atoms with Gasteiger partial charge in [-0.15, -0.1) is 0 Å². The Morgan fingerprint density at radius 3 is 2.46 bits per heavy atom. The molecule has 24 heavy (non-hydrogen) atoms. The van der Waals surface area contributed by atoms with Gasteiger partial charge >= 0.3 is 0 Å². The highest BCUT2D eigenvalue weighted by atomic mass is 16.5. The maximum absolute atomic E-state index is 5.63. The number of methoxy groups -OCH3 is 3. The summed E-state index contributed by atoms with van der Waals surface area (Å²) in [4.78, 5) is 6.60. The number of benzene rings is 1. The van der Waals surface area contributed by atoms with Crippen molar-refractivity contribution in [3.05, 3.63) is 28.9 Å². The minimum Gasteiger partial charge on any atom is -0.493 e. The van der Waals surface area contributed by atoms with Crippen LogP contribution in [0.1, 0.15) is 22.8 Å². The lowest BCUT2D eigenvalue weighted by atomic mass is 10.0. The fourth-order valence-electron chi connectivity index (χ4n) is 3.18. The molecule has 130 valence electrons. The van der Waals surface area contributed by atoms with E-state index in [2.05, 4.69) is 21.1 Å². The predicted octanol–water partition coefficient (Wildman–Crippen LogP) is 2.00. The highest BCUT2D eigenvalue weighted by molar-refractivity contribution is 5.59. The molecule has 0 radical (unpaired) electrons. The topological polar surface area (TPSA) is 69.8 Å². The van der Waals surface area contributed by atoms with Crippen LogP contribution in [0.2, 0.25) is 0 Å². The zero-order valence-corrected chi connectivity index (χ0v) is 14.6. The Labute approximate surface area is 141 Å². The van der Waals surface area contributed by atoms with Gasteiger partial charge in [-0.25, -0.2) is 0 Å². The molecular weight excluding hydrogens is 310 g/mol. The summed E-state index contributed by atoms with van der Waals surface area (Å²) in [6, 6.07) is 2.05. The van der Waals surface area contributed by atoms with Gasteiger partial charge in [-0.05, 0) is 31.4 Å². The molecule has 3 rings (SSSR count). The first-order valence-electron chi connectivity index (χ1n) is 7.98. The number of rotatable bonds is 5. The third kappa shape index (κ3) is 3.17. The number of hydrogen-bond donors (Lipinski definition) is 0. The van der Waals surface area contributed by atoms with E-state index in [4.69, 9.17) is 18.7 Å². The van der Waals surface area contributed by atoms with Crippen LogP contribution in [0.3, 0.4) is 0 Å². The molecule has 0 unspecified atom stereocenters. The fraction of sp³-hybridized carbons (Fsp3) is 0.529. The molecule has 1 aliphatic rings. The van der Waals surface area contributed by atoms with Crippen molar-refractivity contribution < 1.29 is 18.7 Å². The average Bonchev–Trinajstić information content (AvgIpc) is 2.89. The summed E-state index contributed by atoms with van der Waals surface area (Å²) in [7, 11) is 4.94. The number of fused-ring (bicyclic) bond motifs is 1. The highest BCUT2D eigenvalue weighted by Crippen LogP contribution is 2.43. The smallest absolute Gasteiger partial charge is 0.240 e. The average molecular weight is 333 g/mol. The third-order valence-electron chi connectivity index (χ3n) is 4.33. The van der Waals surface area contributed by atoms with Crippen LogP contribution >= 0.6 is 0 Å². The molecule has 7 heteroatoms. The molecule has 1 aromatic carbocycles. The van der Waals surface area contributed by atoms with E-state index in [-0.39, 0.29) is 0 Å². The number of aromatic nitrogens is 2. The van der Waals surface area contributed by atoms with Crippen molar-refractivity contribution in [3.63, 3.8) is 0 Å². The van der Waals surface area contributed by atoms with Gasteiger partial charge in [0.1, 0.15) is 0 Å². The number of ether oxygens (including phenoxy) is 3. The molecule has 0 spiro atoms. The molecule has 7 nitrogen and oxygen atoms in total. The van der Waals surface area contributed by atoms with E-state index in [0.717, 1.165) is 31.7 Å². The largest absolute Gasteiger partial charge is 0.493 e. The van der Waals surface area contributed by atoms with Gasteiger partial charge in [-0.1, -0.05) is 5.16 Å². The first kappa shape index (κ1) is 16.6. The number of nitrogens with zero attached hydrogens (tertiary/aromatic N) is 3. The van der Waals surface area contributed by atoms with E-state index >= 15 is 0 Å². The van der Waals surface area contributed by atoms with Gasteiger partial charge in [0.2, 0.25) is 11.6 Å². The van der Waals surface area contributed by atoms with Crippen molar-refractivity contribution in [2.45, 2.75) is 26.3 Å². The van der Waals surface area contributed by atoms with Crippen LogP contribution in [-0.4, -0.2) is 49.5 Å². The summed E-state index contributed by atoms with van der Waals surface area (Å²) >= 11 is 0. The summed E-state index contributed by atoms with van der Waals surface area (Å²) in [5, 5.41) is 3.85. The molecule has 0 fully saturated rings.